The first kappa shape index (κ1) is 25.1. The number of hydrogen-bond donors (Lipinski definition) is 3. The Morgan fingerprint density at radius 1 is 1.18 bits per heavy atom. The molecule has 1 fully saturated rings. The van der Waals surface area contributed by atoms with E-state index in [1.54, 1.807) is 6.07 Å². The van der Waals surface area contributed by atoms with E-state index in [0.29, 0.717) is 42.9 Å². The van der Waals surface area contributed by atoms with E-state index in [2.05, 4.69) is 16.2 Å². The molecule has 9 nitrogen and oxygen atoms in total. The molecule has 1 saturated heterocycles. The smallest absolute Gasteiger partial charge is 0.340 e. The molecule has 2 heterocycles. The second-order valence-electron chi connectivity index (χ2n) is 7.61. The number of nitrogens with one attached hydrogen (secondary N) is 3. The van der Waals surface area contributed by atoms with E-state index in [0.717, 1.165) is 16.7 Å². The van der Waals surface area contributed by atoms with Crippen LogP contribution in [0.5, 0.6) is 0 Å². The van der Waals surface area contributed by atoms with E-state index in [1.165, 1.54) is 22.8 Å². The molecule has 178 valence electrons. The molecule has 0 unspecified atom stereocenters. The molecule has 12 heteroatoms. The average molecular weight is 511 g/mol. The molecule has 1 amide bonds. The van der Waals surface area contributed by atoms with Gasteiger partial charge < -0.3 is 10.1 Å². The minimum Gasteiger partial charge on any atom is -0.465 e. The Morgan fingerprint density at radius 2 is 1.85 bits per heavy atom. The Morgan fingerprint density at radius 3 is 2.45 bits per heavy atom. The molecule has 0 aliphatic carbocycles. The highest BCUT2D eigenvalue weighted by atomic mass is 32.2. The monoisotopic (exact) mass is 510 g/mol. The Kier molecular flexibility index (Phi) is 8.40. The number of carbonyl (C=O) groups excluding carboxylic acids is 2. The summed E-state index contributed by atoms with van der Waals surface area (Å²) in [7, 11) is -1.94. The van der Waals surface area contributed by atoms with E-state index in [9.17, 15) is 18.0 Å². The highest BCUT2D eigenvalue weighted by Crippen LogP contribution is 2.30. The zero-order valence-electron chi connectivity index (χ0n) is 18.3. The number of hydrazine groups is 1. The van der Waals surface area contributed by atoms with Gasteiger partial charge in [-0.2, -0.15) is 0 Å². The highest BCUT2D eigenvalue weighted by Gasteiger charge is 2.29. The van der Waals surface area contributed by atoms with Gasteiger partial charge in [0.15, 0.2) is 5.11 Å². The number of carbonyl (C=O) groups is 2. The molecular weight excluding hydrogens is 484 g/mol. The van der Waals surface area contributed by atoms with Crippen molar-refractivity contribution in [3.8, 4) is 0 Å². The topological polar surface area (TPSA) is 117 Å². The van der Waals surface area contributed by atoms with Gasteiger partial charge in [0.25, 0.3) is 0 Å². The van der Waals surface area contributed by atoms with Gasteiger partial charge in [0.1, 0.15) is 5.00 Å². The molecule has 3 N–H and O–H groups in total. The van der Waals surface area contributed by atoms with Gasteiger partial charge in [0.2, 0.25) is 15.9 Å². The van der Waals surface area contributed by atoms with E-state index in [-0.39, 0.29) is 16.9 Å². The van der Waals surface area contributed by atoms with E-state index in [1.807, 2.05) is 30.3 Å². The predicted octanol–water partition coefficient (Wildman–Crippen LogP) is 2.11. The quantitative estimate of drug-likeness (QED) is 0.307. The number of hydrogen-bond acceptors (Lipinski definition) is 7. The summed E-state index contributed by atoms with van der Waals surface area (Å²) >= 11 is 6.65. The molecule has 0 bridgehead atoms. The van der Waals surface area contributed by atoms with Crippen molar-refractivity contribution >= 4 is 55.6 Å². The number of thiocarbonyl (C=S) groups is 1. The van der Waals surface area contributed by atoms with Crippen molar-refractivity contribution in [2.75, 3.05) is 31.8 Å². The summed E-state index contributed by atoms with van der Waals surface area (Å²) in [5.74, 6) is -1.07. The number of ether oxygens (including phenoxy) is 1. The van der Waals surface area contributed by atoms with Crippen LogP contribution in [0.2, 0.25) is 0 Å². The lowest BCUT2D eigenvalue weighted by Gasteiger charge is -2.29. The maximum atomic E-state index is 12.4. The summed E-state index contributed by atoms with van der Waals surface area (Å²) in [6.45, 7) is 0.614. The molecule has 1 aliphatic heterocycles. The number of nitrogens with zero attached hydrogens (tertiary/aromatic N) is 1. The Labute approximate surface area is 202 Å². The third-order valence-electron chi connectivity index (χ3n) is 5.23. The number of thiophene rings is 1. The van der Waals surface area contributed by atoms with Crippen molar-refractivity contribution in [2.45, 2.75) is 19.3 Å². The third-order valence-corrected chi connectivity index (χ3v) is 7.79. The maximum absolute atomic E-state index is 12.4. The van der Waals surface area contributed by atoms with Crippen molar-refractivity contribution < 1.29 is 22.7 Å². The second kappa shape index (κ2) is 11.1. The average Bonchev–Trinajstić information content (AvgIpc) is 3.19. The number of piperidine rings is 1. The lowest BCUT2D eigenvalue weighted by atomic mass is 9.98. The van der Waals surface area contributed by atoms with Gasteiger partial charge in [-0.15, -0.1) is 11.3 Å². The molecular formula is C21H26N4O5S3. The van der Waals surface area contributed by atoms with Crippen LogP contribution in [-0.4, -0.2) is 56.2 Å². The zero-order valence-corrected chi connectivity index (χ0v) is 20.7. The Balaban J connectivity index is 1.57. The van der Waals surface area contributed by atoms with Gasteiger partial charge in [0.05, 0.1) is 18.9 Å². The number of anilines is 1. The van der Waals surface area contributed by atoms with Crippen LogP contribution < -0.4 is 16.2 Å². The summed E-state index contributed by atoms with van der Waals surface area (Å²) in [6, 6.07) is 11.6. The zero-order chi connectivity index (χ0) is 24.0. The van der Waals surface area contributed by atoms with Gasteiger partial charge in [-0.05, 0) is 36.7 Å². The molecule has 0 saturated carbocycles. The summed E-state index contributed by atoms with van der Waals surface area (Å²) in [6.07, 6.45) is 2.68. The number of methoxy groups -OCH3 is 1. The first-order valence-electron chi connectivity index (χ1n) is 10.2. The van der Waals surface area contributed by atoms with Crippen molar-refractivity contribution in [1.29, 1.82) is 0 Å². The molecule has 2 aromatic rings. The minimum absolute atomic E-state index is 0.121. The summed E-state index contributed by atoms with van der Waals surface area (Å²) in [5, 5.41) is 3.59. The molecule has 1 aromatic heterocycles. The molecule has 3 rings (SSSR count). The van der Waals surface area contributed by atoms with Gasteiger partial charge in [-0.3, -0.25) is 15.6 Å². The molecule has 0 spiro atoms. The van der Waals surface area contributed by atoms with Crippen molar-refractivity contribution in [3.05, 3.63) is 52.4 Å². The fourth-order valence-electron chi connectivity index (χ4n) is 3.49. The van der Waals surface area contributed by atoms with E-state index >= 15 is 0 Å². The molecule has 1 aliphatic rings. The number of benzene rings is 1. The molecule has 1 aromatic carbocycles. The van der Waals surface area contributed by atoms with Crippen molar-refractivity contribution in [3.63, 3.8) is 0 Å². The number of rotatable bonds is 6. The highest BCUT2D eigenvalue weighted by molar-refractivity contribution is 7.88. The molecule has 0 atom stereocenters. The fraction of sp³-hybridized carbons (Fsp3) is 0.381. The van der Waals surface area contributed by atoms with Gasteiger partial charge in [0, 0.05) is 30.3 Å². The SMILES string of the molecule is COC(=O)c1cc(Cc2ccccc2)sc1NC(=S)NNC(=O)C1CCN(S(C)(=O)=O)CC1. The fourth-order valence-corrected chi connectivity index (χ4v) is 5.66. The van der Waals surface area contributed by atoms with E-state index in [4.69, 9.17) is 17.0 Å². The van der Waals surface area contributed by atoms with Crippen LogP contribution in [0.25, 0.3) is 0 Å². The van der Waals surface area contributed by atoms with Crippen LogP contribution >= 0.6 is 23.6 Å². The Hall–Kier alpha value is -2.54. The first-order chi connectivity index (χ1) is 15.7. The molecule has 0 radical (unpaired) electrons. The van der Waals surface area contributed by atoms with Crippen molar-refractivity contribution in [2.24, 2.45) is 5.92 Å². The minimum atomic E-state index is -3.25. The van der Waals surface area contributed by atoms with E-state index < -0.39 is 16.0 Å². The predicted molar refractivity (Wildman–Crippen MR) is 132 cm³/mol. The van der Waals surface area contributed by atoms with Gasteiger partial charge in [-0.1, -0.05) is 30.3 Å². The summed E-state index contributed by atoms with van der Waals surface area (Å²) in [4.78, 5) is 25.6. The van der Waals surface area contributed by atoms with Crippen LogP contribution in [0.15, 0.2) is 36.4 Å². The number of sulfonamides is 1. The van der Waals surface area contributed by atoms with Crippen LogP contribution in [0.1, 0.15) is 33.6 Å². The van der Waals surface area contributed by atoms with Gasteiger partial charge >= 0.3 is 5.97 Å². The van der Waals surface area contributed by atoms with Crippen LogP contribution in [0, 0.1) is 5.92 Å². The maximum Gasteiger partial charge on any atom is 0.340 e. The van der Waals surface area contributed by atoms with Crippen molar-refractivity contribution in [1.82, 2.24) is 15.2 Å². The third kappa shape index (κ3) is 6.97. The largest absolute Gasteiger partial charge is 0.465 e. The van der Waals surface area contributed by atoms with Crippen LogP contribution in [-0.2, 0) is 26.0 Å². The Bertz CT molecular complexity index is 1110. The van der Waals surface area contributed by atoms with Crippen LogP contribution in [0.3, 0.4) is 0 Å². The number of esters is 1. The number of amides is 1. The second-order valence-corrected chi connectivity index (χ2v) is 11.1. The lowest BCUT2D eigenvalue weighted by Crippen LogP contribution is -2.49. The lowest BCUT2D eigenvalue weighted by molar-refractivity contribution is -0.126. The summed E-state index contributed by atoms with van der Waals surface area (Å²) < 4.78 is 29.5. The molecule has 33 heavy (non-hydrogen) atoms. The standard InChI is InChI=1S/C21H26N4O5S3/c1-30-20(27)17-13-16(12-14-6-4-3-5-7-14)32-19(17)22-21(31)24-23-18(26)15-8-10-25(11-9-15)33(2,28)29/h3-7,13,15H,8-12H2,1-2H3,(H,23,26)(H2,22,24,31). The van der Waals surface area contributed by atoms with Gasteiger partial charge in [-0.25, -0.2) is 17.5 Å². The first-order valence-corrected chi connectivity index (χ1v) is 13.3. The van der Waals surface area contributed by atoms with Crippen LogP contribution in [0.4, 0.5) is 5.00 Å². The summed E-state index contributed by atoms with van der Waals surface area (Å²) in [5.41, 5.74) is 6.69. The normalized spacial score (nSPS) is 15.0.